The van der Waals surface area contributed by atoms with Crippen LogP contribution in [0.4, 0.5) is 0 Å². The highest BCUT2D eigenvalue weighted by atomic mass is 35.5. The summed E-state index contributed by atoms with van der Waals surface area (Å²) in [6, 6.07) is 4.38. The van der Waals surface area contributed by atoms with E-state index in [0.29, 0.717) is 6.04 Å². The van der Waals surface area contributed by atoms with Crippen molar-refractivity contribution in [3.05, 3.63) is 37.4 Å². The van der Waals surface area contributed by atoms with Crippen LogP contribution in [0.1, 0.15) is 21.5 Å². The second-order valence-electron chi connectivity index (χ2n) is 3.55. The lowest BCUT2D eigenvalue weighted by atomic mass is 10.1. The number of aryl methyl sites for hydroxylation is 1. The Kier molecular flexibility index (Phi) is 3.97. The van der Waals surface area contributed by atoms with Gasteiger partial charge in [-0.3, -0.25) is 0 Å². The third kappa shape index (κ3) is 2.63. The van der Waals surface area contributed by atoms with Crippen molar-refractivity contribution in [2.24, 2.45) is 0 Å². The molecule has 5 heteroatoms. The maximum absolute atomic E-state index is 5.93. The summed E-state index contributed by atoms with van der Waals surface area (Å²) in [5.41, 5.74) is 3.02. The molecule has 0 bridgehead atoms. The third-order valence-corrected chi connectivity index (χ3v) is 4.78. The number of rotatable bonds is 4. The van der Waals surface area contributed by atoms with Gasteiger partial charge in [0.1, 0.15) is 0 Å². The van der Waals surface area contributed by atoms with E-state index < -0.39 is 0 Å². The lowest BCUT2D eigenvalue weighted by molar-refractivity contribution is 0.602. The summed E-state index contributed by atoms with van der Waals surface area (Å²) in [6.07, 6.45) is 0.969. The molecule has 0 spiro atoms. The highest BCUT2D eigenvalue weighted by Crippen LogP contribution is 2.29. The second-order valence-corrected chi connectivity index (χ2v) is 6.24. The van der Waals surface area contributed by atoms with Gasteiger partial charge in [0.05, 0.1) is 15.5 Å². The Morgan fingerprint density at radius 2 is 2.31 bits per heavy atom. The molecule has 0 fully saturated rings. The Balaban J connectivity index is 2.15. The van der Waals surface area contributed by atoms with Gasteiger partial charge in [-0.05, 0) is 26.1 Å². The molecular weight excluding hydrogens is 260 g/mol. The predicted octanol–water partition coefficient (Wildman–Crippen LogP) is 3.67. The minimum absolute atomic E-state index is 0.335. The molecule has 1 unspecified atom stereocenters. The van der Waals surface area contributed by atoms with Gasteiger partial charge >= 0.3 is 0 Å². The van der Waals surface area contributed by atoms with Gasteiger partial charge in [0.25, 0.3) is 0 Å². The van der Waals surface area contributed by atoms with Crippen molar-refractivity contribution in [1.82, 2.24) is 10.3 Å². The molecule has 0 aromatic carbocycles. The van der Waals surface area contributed by atoms with Gasteiger partial charge in [-0.2, -0.15) is 0 Å². The normalized spacial score (nSPS) is 12.9. The predicted molar refractivity (Wildman–Crippen MR) is 71.7 cm³/mol. The largest absolute Gasteiger partial charge is 0.312 e. The summed E-state index contributed by atoms with van der Waals surface area (Å²) in [7, 11) is 1.99. The number of hydrogen-bond donors (Lipinski definition) is 1. The highest BCUT2D eigenvalue weighted by Gasteiger charge is 2.15. The molecule has 1 atom stereocenters. The molecule has 86 valence electrons. The van der Waals surface area contributed by atoms with Crippen LogP contribution < -0.4 is 5.32 Å². The van der Waals surface area contributed by atoms with Crippen molar-refractivity contribution in [2.45, 2.75) is 19.4 Å². The third-order valence-electron chi connectivity index (χ3n) is 2.48. The van der Waals surface area contributed by atoms with E-state index in [0.717, 1.165) is 16.5 Å². The smallest absolute Gasteiger partial charge is 0.0931 e. The fourth-order valence-electron chi connectivity index (χ4n) is 1.63. The van der Waals surface area contributed by atoms with E-state index >= 15 is 0 Å². The average molecular weight is 273 g/mol. The number of halogens is 1. The van der Waals surface area contributed by atoms with Crippen molar-refractivity contribution in [2.75, 3.05) is 7.05 Å². The molecule has 2 rings (SSSR count). The van der Waals surface area contributed by atoms with Gasteiger partial charge < -0.3 is 5.32 Å². The Morgan fingerprint density at radius 3 is 2.81 bits per heavy atom. The molecule has 16 heavy (non-hydrogen) atoms. The molecule has 0 aliphatic heterocycles. The first-order valence-electron chi connectivity index (χ1n) is 5.02. The van der Waals surface area contributed by atoms with Crippen LogP contribution in [0.3, 0.4) is 0 Å². The van der Waals surface area contributed by atoms with Gasteiger partial charge in [0.2, 0.25) is 0 Å². The lowest BCUT2D eigenvalue weighted by Gasteiger charge is -2.13. The molecule has 1 N–H and O–H groups in total. The minimum Gasteiger partial charge on any atom is -0.312 e. The monoisotopic (exact) mass is 272 g/mol. The number of hydrogen-bond acceptors (Lipinski definition) is 4. The van der Waals surface area contributed by atoms with Gasteiger partial charge in [-0.25, -0.2) is 4.98 Å². The molecule has 2 nitrogen and oxygen atoms in total. The Morgan fingerprint density at radius 1 is 1.50 bits per heavy atom. The molecule has 0 aliphatic rings. The van der Waals surface area contributed by atoms with Crippen molar-refractivity contribution >= 4 is 34.3 Å². The summed E-state index contributed by atoms with van der Waals surface area (Å²) >= 11 is 9.28. The molecule has 2 aromatic heterocycles. The van der Waals surface area contributed by atoms with Gasteiger partial charge in [0.15, 0.2) is 0 Å². The van der Waals surface area contributed by atoms with E-state index in [9.17, 15) is 0 Å². The summed E-state index contributed by atoms with van der Waals surface area (Å²) < 4.78 is 0.853. The van der Waals surface area contributed by atoms with Gasteiger partial charge in [-0.1, -0.05) is 11.6 Å². The quantitative estimate of drug-likeness (QED) is 0.919. The van der Waals surface area contributed by atoms with Crippen LogP contribution in [-0.2, 0) is 6.42 Å². The Labute approximate surface area is 108 Å². The van der Waals surface area contributed by atoms with Crippen LogP contribution in [0.25, 0.3) is 0 Å². The summed E-state index contributed by atoms with van der Waals surface area (Å²) in [6.45, 7) is 2.05. The number of thiazole rings is 1. The van der Waals surface area contributed by atoms with Crippen LogP contribution in [0.2, 0.25) is 4.34 Å². The van der Waals surface area contributed by atoms with Crippen LogP contribution in [0.15, 0.2) is 17.6 Å². The van der Waals surface area contributed by atoms with E-state index in [1.54, 1.807) is 22.7 Å². The molecule has 0 saturated carbocycles. The second kappa shape index (κ2) is 5.27. The van der Waals surface area contributed by atoms with Crippen molar-refractivity contribution in [3.63, 3.8) is 0 Å². The van der Waals surface area contributed by atoms with E-state index in [-0.39, 0.29) is 0 Å². The number of nitrogens with one attached hydrogen (secondary N) is 1. The van der Waals surface area contributed by atoms with Crippen LogP contribution in [0.5, 0.6) is 0 Å². The number of nitrogens with zero attached hydrogens (tertiary/aromatic N) is 1. The number of thiophene rings is 1. The first-order chi connectivity index (χ1) is 7.70. The molecule has 2 aromatic rings. The SMILES string of the molecule is CNC(Cc1ccc(Cl)s1)c1scnc1C. The summed E-state index contributed by atoms with van der Waals surface area (Å²) in [5, 5.41) is 3.34. The average Bonchev–Trinajstić information content (AvgIpc) is 2.84. The summed E-state index contributed by atoms with van der Waals surface area (Å²) in [4.78, 5) is 6.90. The van der Waals surface area contributed by atoms with E-state index in [1.807, 2.05) is 18.6 Å². The van der Waals surface area contributed by atoms with Crippen molar-refractivity contribution in [1.29, 1.82) is 0 Å². The molecule has 0 radical (unpaired) electrons. The zero-order valence-corrected chi connectivity index (χ0v) is 11.5. The molecule has 0 aliphatic carbocycles. The zero-order chi connectivity index (χ0) is 11.5. The Hall–Kier alpha value is -0.420. The van der Waals surface area contributed by atoms with Crippen LogP contribution >= 0.6 is 34.3 Å². The topological polar surface area (TPSA) is 24.9 Å². The van der Waals surface area contributed by atoms with Crippen LogP contribution in [0, 0.1) is 6.92 Å². The molecule has 2 heterocycles. The van der Waals surface area contributed by atoms with Gasteiger partial charge in [0, 0.05) is 22.2 Å². The first kappa shape index (κ1) is 12.0. The lowest BCUT2D eigenvalue weighted by Crippen LogP contribution is -2.18. The van der Waals surface area contributed by atoms with Crippen molar-refractivity contribution < 1.29 is 0 Å². The van der Waals surface area contributed by atoms with Crippen LogP contribution in [-0.4, -0.2) is 12.0 Å². The highest BCUT2D eigenvalue weighted by molar-refractivity contribution is 7.16. The molecule has 0 saturated heterocycles. The number of aromatic nitrogens is 1. The first-order valence-corrected chi connectivity index (χ1v) is 7.09. The summed E-state index contributed by atoms with van der Waals surface area (Å²) in [5.74, 6) is 0. The fraction of sp³-hybridized carbons (Fsp3) is 0.364. The Bertz CT molecular complexity index is 464. The van der Waals surface area contributed by atoms with Crippen molar-refractivity contribution in [3.8, 4) is 0 Å². The standard InChI is InChI=1S/C11H13ClN2S2/c1-7-11(15-6-14-7)9(13-2)5-8-3-4-10(12)16-8/h3-4,6,9,13H,5H2,1-2H3. The minimum atomic E-state index is 0.335. The molecular formula is C11H13ClN2S2. The maximum atomic E-state index is 5.93. The number of likely N-dealkylation sites (N-methyl/N-ethyl adjacent to an activating group) is 1. The fourth-order valence-corrected chi connectivity index (χ4v) is 3.68. The maximum Gasteiger partial charge on any atom is 0.0931 e. The zero-order valence-electron chi connectivity index (χ0n) is 9.16. The molecule has 0 amide bonds. The van der Waals surface area contributed by atoms with Gasteiger partial charge in [-0.15, -0.1) is 22.7 Å². The van der Waals surface area contributed by atoms with E-state index in [4.69, 9.17) is 11.6 Å². The van der Waals surface area contributed by atoms with E-state index in [1.165, 1.54) is 9.75 Å². The van der Waals surface area contributed by atoms with E-state index in [2.05, 4.69) is 23.3 Å².